The van der Waals surface area contributed by atoms with Gasteiger partial charge in [0.15, 0.2) is 0 Å². The maximum atomic E-state index is 15.4. The van der Waals surface area contributed by atoms with Crippen molar-refractivity contribution >= 4 is 86.9 Å². The highest BCUT2D eigenvalue weighted by atomic mass is 19.1. The summed E-state index contributed by atoms with van der Waals surface area (Å²) in [6.07, 6.45) is 24.6. The number of rotatable bonds is 9. The first-order valence-corrected chi connectivity index (χ1v) is 37.3. The Morgan fingerprint density at radius 3 is 1.11 bits per heavy atom. The second-order valence-electron chi connectivity index (χ2n) is 30.7. The number of carbonyl (C=O) groups excluding carboxylic acids is 3. The van der Waals surface area contributed by atoms with Crippen molar-refractivity contribution in [2.24, 2.45) is 28.2 Å². The maximum Gasteiger partial charge on any atom is 0.410 e. The van der Waals surface area contributed by atoms with Gasteiger partial charge in [0.1, 0.15) is 41.0 Å². The second-order valence-corrected chi connectivity index (χ2v) is 30.7. The largest absolute Gasteiger partial charge is 0.446 e. The van der Waals surface area contributed by atoms with Crippen molar-refractivity contribution in [1.29, 1.82) is 0 Å². The molecule has 0 aromatic carbocycles. The zero-order chi connectivity index (χ0) is 76.6. The molecule has 1 saturated carbocycles. The van der Waals surface area contributed by atoms with E-state index in [9.17, 15) is 18.8 Å². The van der Waals surface area contributed by atoms with Crippen LogP contribution in [0.5, 0.6) is 0 Å². The van der Waals surface area contributed by atoms with Crippen molar-refractivity contribution in [2.75, 3.05) is 124 Å². The lowest BCUT2D eigenvalue weighted by atomic mass is 9.94. The van der Waals surface area contributed by atoms with E-state index in [-0.39, 0.29) is 35.8 Å². The molecular weight excluding hydrogens is 1400 g/mol. The van der Waals surface area contributed by atoms with Crippen LogP contribution in [0.15, 0.2) is 98.6 Å². The van der Waals surface area contributed by atoms with Gasteiger partial charge in [-0.15, -0.1) is 0 Å². The van der Waals surface area contributed by atoms with E-state index in [1.165, 1.54) is 16.8 Å². The number of aryl methyl sites for hydroxylation is 4. The summed E-state index contributed by atoms with van der Waals surface area (Å²) in [6.45, 7) is 22.2. The first-order valence-electron chi connectivity index (χ1n) is 37.3. The zero-order valence-corrected chi connectivity index (χ0v) is 63.5. The number of hydrogen-bond donors (Lipinski definition) is 1. The zero-order valence-electron chi connectivity index (χ0n) is 63.5. The Bertz CT molecular complexity index is 4830. The third kappa shape index (κ3) is 16.7. The number of aromatic nitrogens is 12. The highest BCUT2D eigenvalue weighted by molar-refractivity contribution is 5.99. The summed E-state index contributed by atoms with van der Waals surface area (Å²) in [5.41, 5.74) is 15.8. The molecule has 4 aliphatic heterocycles. The van der Waals surface area contributed by atoms with E-state index in [2.05, 4.69) is 77.4 Å². The SMILES string of the molecule is Cn1cc(C2=C(F)c3c(N4CCN(C(=O)OC(C)(C)C)CC4)ccnc3C2)cn1.Cn1cc(C2=C(F)c3c(N4CCN(C(=O)OC5CC(F)C5)CC4)ccnc3C2)cn1.Cn1cc(C2=C(F)c3c(N4CCNCC4)ccnc3C2)cn1.Cn1cc(C2=Cc3c(N4CCN(C(=O)OC(C)(C)C)CC4)ccnc3C2)cn1. The first-order chi connectivity index (χ1) is 52.3. The van der Waals surface area contributed by atoms with Crippen LogP contribution in [0.3, 0.4) is 0 Å². The molecule has 5 fully saturated rings. The highest BCUT2D eigenvalue weighted by Gasteiger charge is 2.38. The lowest BCUT2D eigenvalue weighted by Crippen LogP contribution is -2.50. The number of alkyl halides is 1. The number of nitrogens with one attached hydrogen (secondary N) is 1. The molecule has 26 nitrogen and oxygen atoms in total. The van der Waals surface area contributed by atoms with E-state index in [0.29, 0.717) is 131 Å². The summed E-state index contributed by atoms with van der Waals surface area (Å²) in [5.74, 6) is -0.635. The number of fused-ring (bicyclic) bond motifs is 4. The minimum atomic E-state index is -0.854. The molecule has 0 unspecified atom stereocenters. The molecule has 5 aliphatic carbocycles. The van der Waals surface area contributed by atoms with Gasteiger partial charge in [-0.2, -0.15) is 20.4 Å². The summed E-state index contributed by atoms with van der Waals surface area (Å²) in [4.78, 5) is 68.6. The predicted molar refractivity (Wildman–Crippen MR) is 410 cm³/mol. The smallest absolute Gasteiger partial charge is 0.410 e. The van der Waals surface area contributed by atoms with E-state index >= 15 is 13.2 Å². The first kappa shape index (κ1) is 74.9. The third-order valence-electron chi connectivity index (χ3n) is 20.7. The van der Waals surface area contributed by atoms with Crippen LogP contribution in [0.25, 0.3) is 45.8 Å². The summed E-state index contributed by atoms with van der Waals surface area (Å²) in [7, 11) is 7.39. The normalized spacial score (nSPS) is 18.9. The van der Waals surface area contributed by atoms with Gasteiger partial charge in [0, 0.05) is 271 Å². The Morgan fingerprint density at radius 1 is 0.431 bits per heavy atom. The molecule has 8 aromatic rings. The van der Waals surface area contributed by atoms with E-state index in [1.54, 1.807) is 79.2 Å². The molecule has 12 heterocycles. The number of hydrogen-bond acceptors (Lipinski definition) is 19. The topological polar surface area (TPSA) is 236 Å². The third-order valence-corrected chi connectivity index (χ3v) is 20.7. The van der Waals surface area contributed by atoms with Gasteiger partial charge in [0.05, 0.1) is 81.3 Å². The van der Waals surface area contributed by atoms with Gasteiger partial charge in [-0.05, 0) is 77.5 Å². The number of amides is 3. The number of pyridine rings is 4. The molecule has 0 radical (unpaired) electrons. The molecule has 0 bridgehead atoms. The number of allylic oxidation sites excluding steroid dienone is 4. The number of ether oxygens (including phenoxy) is 3. The molecule has 1 N–H and O–H groups in total. The number of anilines is 4. The second kappa shape index (κ2) is 31.4. The van der Waals surface area contributed by atoms with Gasteiger partial charge in [-0.25, -0.2) is 31.9 Å². The summed E-state index contributed by atoms with van der Waals surface area (Å²) in [6, 6.07) is 7.68. The van der Waals surface area contributed by atoms with Crippen molar-refractivity contribution in [3.8, 4) is 0 Å². The standard InChI is InChI=1S/C21H23F2N5O2.C21H26FN5O2.C21H27N5O2.C16H18FN5/c1-26-12-13(11-25-26)16-10-17-19(20(16)23)18(2-3-24-17)27-4-6-28(7-5-27)21(29)30-15-8-14(22)9-15;1-21(2,3)29-20(28)27-9-7-26(8-10-27)17-5-6-23-16-11-15(19(22)18(16)17)14-12-24-25(4)13-14;1-21(2,3)28-20(27)26-9-7-25(8-10-26)19-5-6-22-18-12-15(11-17(18)19)16-13-23-24(4)14-16;1-21-10-11(9-20-21)12-8-13-15(16(12)17)14(2-3-19-13)22-6-4-18-5-7-22/h2-3,11-12,14-15H,4-10H2,1H3;5-6,12-13H,7-11H2,1-4H3;5-6,11,13-14H,7-10,12H2,1-4H3;2-3,9-10,18H,4-8H2,1H3. The van der Waals surface area contributed by atoms with Crippen LogP contribution in [0.1, 0.15) is 122 Å². The van der Waals surface area contributed by atoms with Gasteiger partial charge in [0.25, 0.3) is 0 Å². The summed E-state index contributed by atoms with van der Waals surface area (Å²) >= 11 is 0. The van der Waals surface area contributed by atoms with Crippen LogP contribution in [0.4, 0.5) is 54.7 Å². The lowest BCUT2D eigenvalue weighted by molar-refractivity contribution is -0.0133. The van der Waals surface area contributed by atoms with Gasteiger partial charge in [-0.1, -0.05) is 0 Å². The quantitative estimate of drug-likeness (QED) is 0.104. The Hall–Kier alpha value is -10.9. The van der Waals surface area contributed by atoms with Gasteiger partial charge >= 0.3 is 18.3 Å². The number of piperazine rings is 4. The van der Waals surface area contributed by atoms with E-state index in [1.807, 2.05) is 117 Å². The van der Waals surface area contributed by atoms with Crippen LogP contribution in [0, 0.1) is 0 Å². The van der Waals surface area contributed by atoms with Gasteiger partial charge in [-0.3, -0.25) is 38.7 Å². The molecule has 4 saturated heterocycles. The average molecular weight is 1500 g/mol. The number of carbonyl (C=O) groups is 3. The Kier molecular flexibility index (Phi) is 21.6. The fourth-order valence-corrected chi connectivity index (χ4v) is 15.0. The van der Waals surface area contributed by atoms with Gasteiger partial charge < -0.3 is 53.8 Å². The minimum Gasteiger partial charge on any atom is -0.446 e. The molecule has 574 valence electrons. The number of nitrogens with zero attached hydrogens (tertiary/aromatic N) is 19. The highest BCUT2D eigenvalue weighted by Crippen LogP contribution is 2.47. The fourth-order valence-electron chi connectivity index (χ4n) is 15.0. The van der Waals surface area contributed by atoms with Crippen LogP contribution in [-0.4, -0.2) is 220 Å². The average Bonchev–Trinajstić information content (AvgIpc) is 1.64. The Morgan fingerprint density at radius 2 is 0.761 bits per heavy atom. The van der Waals surface area contributed by atoms with Crippen LogP contribution in [0.2, 0.25) is 0 Å². The summed E-state index contributed by atoms with van der Waals surface area (Å²) in [5, 5.41) is 20.1. The predicted octanol–water partition coefficient (Wildman–Crippen LogP) is 10.8. The lowest BCUT2D eigenvalue weighted by Gasteiger charge is -2.38. The molecule has 17 rings (SSSR count). The monoisotopic (exact) mass is 1490 g/mol. The van der Waals surface area contributed by atoms with Gasteiger partial charge in [0.2, 0.25) is 0 Å². The molecular formula is C79H94F4N20O6. The van der Waals surface area contributed by atoms with Crippen LogP contribution >= 0.6 is 0 Å². The van der Waals surface area contributed by atoms with Crippen LogP contribution in [-0.2, 0) is 68.1 Å². The number of halogens is 4. The van der Waals surface area contributed by atoms with Crippen molar-refractivity contribution in [2.45, 2.75) is 104 Å². The van der Waals surface area contributed by atoms with Crippen molar-refractivity contribution < 1.29 is 46.2 Å². The van der Waals surface area contributed by atoms with E-state index in [4.69, 9.17) is 14.2 Å². The molecule has 3 amide bonds. The molecule has 30 heteroatoms. The maximum absolute atomic E-state index is 15.4. The molecule has 9 aliphatic rings. The van der Waals surface area contributed by atoms with E-state index < -0.39 is 23.5 Å². The Balaban J connectivity index is 0.000000122. The molecule has 8 aromatic heterocycles. The van der Waals surface area contributed by atoms with Crippen molar-refractivity contribution in [3.05, 3.63) is 166 Å². The molecule has 0 atom stereocenters. The van der Waals surface area contributed by atoms with Crippen LogP contribution < -0.4 is 24.9 Å². The molecule has 0 spiro atoms. The Labute approximate surface area is 631 Å². The summed E-state index contributed by atoms with van der Waals surface area (Å²) < 4.78 is 81.9. The van der Waals surface area contributed by atoms with Crippen molar-refractivity contribution in [3.63, 3.8) is 0 Å². The fraction of sp³-hybridized carbons (Fsp3) is 0.456. The molecule has 109 heavy (non-hydrogen) atoms. The minimum absolute atomic E-state index is 0.148. The van der Waals surface area contributed by atoms with Crippen molar-refractivity contribution in [1.82, 2.24) is 79.1 Å². The van der Waals surface area contributed by atoms with E-state index in [0.717, 1.165) is 108 Å².